The second-order valence-corrected chi connectivity index (χ2v) is 7.10. The molecule has 0 radical (unpaired) electrons. The number of ether oxygens (including phenoxy) is 2. The maximum Gasteiger partial charge on any atom is 0.275 e. The molecule has 162 valence electrons. The molecule has 7 heteroatoms. The van der Waals surface area contributed by atoms with Crippen molar-refractivity contribution in [3.05, 3.63) is 99.4 Å². The van der Waals surface area contributed by atoms with Gasteiger partial charge in [-0.2, -0.15) is 0 Å². The summed E-state index contributed by atoms with van der Waals surface area (Å²) in [6, 6.07) is 11.0. The zero-order chi connectivity index (χ0) is 22.4. The van der Waals surface area contributed by atoms with Gasteiger partial charge in [0.2, 0.25) is 0 Å². The van der Waals surface area contributed by atoms with Crippen LogP contribution in [0.25, 0.3) is 10.9 Å². The quantitative estimate of drug-likeness (QED) is 0.309. The number of H-pyrrole nitrogens is 1. The highest BCUT2D eigenvalue weighted by Gasteiger charge is 2.17. The monoisotopic (exact) mass is 421 g/mol. The normalized spacial score (nSPS) is 11.5. The molecule has 0 aliphatic carbocycles. The Hall–Kier alpha value is -3.74. The van der Waals surface area contributed by atoms with Crippen LogP contribution in [0, 0.1) is 0 Å². The van der Waals surface area contributed by atoms with Crippen molar-refractivity contribution in [3.63, 3.8) is 0 Å². The number of allylic oxidation sites excluding steroid dienone is 3. The Bertz CT molecular complexity index is 1230. The van der Waals surface area contributed by atoms with Gasteiger partial charge in [-0.05, 0) is 25.0 Å². The number of hydrogen-bond donors (Lipinski definition) is 1. The predicted molar refractivity (Wildman–Crippen MR) is 122 cm³/mol. The Morgan fingerprint density at radius 1 is 1.23 bits per heavy atom. The Kier molecular flexibility index (Phi) is 6.97. The zero-order valence-electron chi connectivity index (χ0n) is 17.9. The van der Waals surface area contributed by atoms with Gasteiger partial charge in [-0.25, -0.2) is 0 Å². The van der Waals surface area contributed by atoms with E-state index in [4.69, 9.17) is 9.47 Å². The second-order valence-electron chi connectivity index (χ2n) is 7.10. The largest absolute Gasteiger partial charge is 0.497 e. The van der Waals surface area contributed by atoms with E-state index in [-0.39, 0.29) is 17.7 Å². The van der Waals surface area contributed by atoms with Gasteiger partial charge in [0.25, 0.3) is 11.1 Å². The number of aryl methyl sites for hydroxylation is 2. The number of nitrogens with zero attached hydrogens (tertiary/aromatic N) is 2. The summed E-state index contributed by atoms with van der Waals surface area (Å²) in [6.07, 6.45) is 4.49. The van der Waals surface area contributed by atoms with Crippen molar-refractivity contribution in [1.29, 1.82) is 0 Å². The van der Waals surface area contributed by atoms with Crippen LogP contribution in [0.1, 0.15) is 12.1 Å². The lowest BCUT2D eigenvalue weighted by atomic mass is 10.1. The number of nitrogens with one attached hydrogen (secondary N) is 1. The molecule has 7 nitrogen and oxygen atoms in total. The third-order valence-electron chi connectivity index (χ3n) is 5.05. The van der Waals surface area contributed by atoms with E-state index in [1.54, 1.807) is 23.8 Å². The summed E-state index contributed by atoms with van der Waals surface area (Å²) in [5.41, 5.74) is 1.48. The summed E-state index contributed by atoms with van der Waals surface area (Å²) in [4.78, 5) is 25.7. The van der Waals surface area contributed by atoms with Gasteiger partial charge in [0.05, 0.1) is 31.2 Å². The lowest BCUT2D eigenvalue weighted by molar-refractivity contribution is 0.298. The molecule has 0 amide bonds. The smallest absolute Gasteiger partial charge is 0.275 e. The highest BCUT2D eigenvalue weighted by Crippen LogP contribution is 2.18. The highest BCUT2D eigenvalue weighted by molar-refractivity contribution is 5.80. The number of rotatable bonds is 10. The molecular formula is C24H27N3O4. The van der Waals surface area contributed by atoms with Crippen LogP contribution >= 0.6 is 0 Å². The molecule has 0 bridgehead atoms. The molecule has 2 aromatic heterocycles. The average molecular weight is 421 g/mol. The summed E-state index contributed by atoms with van der Waals surface area (Å²) in [5.74, 6) is 1.22. The second kappa shape index (κ2) is 9.84. The van der Waals surface area contributed by atoms with Crippen LogP contribution in [-0.4, -0.2) is 28.1 Å². The van der Waals surface area contributed by atoms with E-state index in [2.05, 4.69) is 18.3 Å². The van der Waals surface area contributed by atoms with E-state index in [1.807, 2.05) is 30.3 Å². The number of hydrogen-bond acceptors (Lipinski definition) is 4. The molecule has 0 spiro atoms. The molecule has 1 N–H and O–H groups in total. The van der Waals surface area contributed by atoms with Crippen LogP contribution in [-0.2, 0) is 24.8 Å². The number of aromatic nitrogens is 3. The van der Waals surface area contributed by atoms with E-state index in [0.29, 0.717) is 47.4 Å². The minimum Gasteiger partial charge on any atom is -0.497 e. The number of pyridine rings is 1. The molecule has 0 aliphatic rings. The third-order valence-corrected chi connectivity index (χ3v) is 5.05. The first-order valence-electron chi connectivity index (χ1n) is 10.0. The molecule has 0 unspecified atom stereocenters. The van der Waals surface area contributed by atoms with Crippen molar-refractivity contribution in [2.24, 2.45) is 7.05 Å². The van der Waals surface area contributed by atoms with Gasteiger partial charge in [0.1, 0.15) is 11.5 Å². The fraction of sp³-hybridized carbons (Fsp3) is 0.250. The topological polar surface area (TPSA) is 78.2 Å². The van der Waals surface area contributed by atoms with Gasteiger partial charge in [0.15, 0.2) is 0 Å². The number of fused-ring (bicyclic) bond motifs is 1. The molecule has 3 aromatic rings. The molecule has 0 atom stereocenters. The van der Waals surface area contributed by atoms with E-state index >= 15 is 0 Å². The molecule has 0 fully saturated rings. The van der Waals surface area contributed by atoms with Crippen molar-refractivity contribution >= 4 is 10.9 Å². The number of aromatic amines is 1. The fourth-order valence-corrected chi connectivity index (χ4v) is 3.48. The van der Waals surface area contributed by atoms with Gasteiger partial charge >= 0.3 is 0 Å². The first-order valence-corrected chi connectivity index (χ1v) is 10.0. The van der Waals surface area contributed by atoms with Gasteiger partial charge < -0.3 is 14.0 Å². The van der Waals surface area contributed by atoms with Crippen molar-refractivity contribution in [2.45, 2.75) is 19.4 Å². The summed E-state index contributed by atoms with van der Waals surface area (Å²) < 4.78 is 14.0. The van der Waals surface area contributed by atoms with Crippen molar-refractivity contribution < 1.29 is 9.47 Å². The number of para-hydroxylation sites is 1. The summed E-state index contributed by atoms with van der Waals surface area (Å²) >= 11 is 0. The summed E-state index contributed by atoms with van der Waals surface area (Å²) in [7, 11) is 3.16. The average Bonchev–Trinajstić information content (AvgIpc) is 3.05. The van der Waals surface area contributed by atoms with Gasteiger partial charge in [-0.1, -0.05) is 43.5 Å². The standard InChI is InChI=1S/C24H27N3O4/c1-5-10-18(17(2)30-4)16-27-21(13-9-14-31-19-11-7-6-8-12-19)23-20(15-22(27)28)25-26(3)24(23)29/h5-8,10-12,15,25H,1-2,9,13-14,16H2,3-4H3/b18-10-. The molecule has 3 rings (SSSR count). The third kappa shape index (κ3) is 4.88. The molecule has 0 aliphatic heterocycles. The van der Waals surface area contributed by atoms with Crippen molar-refractivity contribution in [2.75, 3.05) is 13.7 Å². The van der Waals surface area contributed by atoms with Crippen LogP contribution in [0.5, 0.6) is 5.75 Å². The van der Waals surface area contributed by atoms with Crippen LogP contribution in [0.2, 0.25) is 0 Å². The van der Waals surface area contributed by atoms with Crippen LogP contribution in [0.3, 0.4) is 0 Å². The maximum atomic E-state index is 13.0. The molecule has 1 aromatic carbocycles. The van der Waals surface area contributed by atoms with Gasteiger partial charge in [0, 0.05) is 24.4 Å². The fourth-order valence-electron chi connectivity index (χ4n) is 3.48. The van der Waals surface area contributed by atoms with E-state index in [9.17, 15) is 9.59 Å². The Balaban J connectivity index is 1.97. The van der Waals surface area contributed by atoms with Crippen LogP contribution in [0.15, 0.2) is 82.6 Å². The van der Waals surface area contributed by atoms with Gasteiger partial charge in [-0.3, -0.25) is 19.4 Å². The van der Waals surface area contributed by atoms with E-state index < -0.39 is 0 Å². The van der Waals surface area contributed by atoms with Crippen molar-refractivity contribution in [1.82, 2.24) is 14.3 Å². The lowest BCUT2D eigenvalue weighted by Crippen LogP contribution is -2.26. The molecule has 2 heterocycles. The van der Waals surface area contributed by atoms with E-state index in [0.717, 1.165) is 5.75 Å². The summed E-state index contributed by atoms with van der Waals surface area (Å²) in [5, 5.41) is 3.45. The molecular weight excluding hydrogens is 394 g/mol. The minimum atomic E-state index is -0.216. The first-order chi connectivity index (χ1) is 15.0. The Labute approximate surface area is 180 Å². The Morgan fingerprint density at radius 3 is 2.65 bits per heavy atom. The number of methoxy groups -OCH3 is 1. The first kappa shape index (κ1) is 22.0. The van der Waals surface area contributed by atoms with Crippen LogP contribution < -0.4 is 15.9 Å². The molecule has 0 saturated carbocycles. The van der Waals surface area contributed by atoms with Gasteiger partial charge in [-0.15, -0.1) is 0 Å². The van der Waals surface area contributed by atoms with E-state index in [1.165, 1.54) is 17.9 Å². The zero-order valence-corrected chi connectivity index (χ0v) is 17.9. The maximum absolute atomic E-state index is 13.0. The Morgan fingerprint density at radius 2 is 1.97 bits per heavy atom. The van der Waals surface area contributed by atoms with Crippen LogP contribution in [0.4, 0.5) is 0 Å². The highest BCUT2D eigenvalue weighted by atomic mass is 16.5. The predicted octanol–water partition coefficient (Wildman–Crippen LogP) is 3.31. The minimum absolute atomic E-state index is 0.178. The molecule has 31 heavy (non-hydrogen) atoms. The van der Waals surface area contributed by atoms with Crippen molar-refractivity contribution in [3.8, 4) is 5.75 Å². The SMILES string of the molecule is C=C/C=C(/Cn1c(CCCOc2ccccc2)c2c(=O)n(C)[nH]c2cc1=O)C(=C)OC. The molecule has 0 saturated heterocycles. The lowest BCUT2D eigenvalue weighted by Gasteiger charge is -2.16. The number of benzene rings is 1. The summed E-state index contributed by atoms with van der Waals surface area (Å²) in [6.45, 7) is 8.30.